The van der Waals surface area contributed by atoms with Gasteiger partial charge in [-0.05, 0) is 11.6 Å². The van der Waals surface area contributed by atoms with E-state index in [2.05, 4.69) is 0 Å². The highest BCUT2D eigenvalue weighted by Gasteiger charge is 1.94. The molecule has 0 saturated carbocycles. The van der Waals surface area contributed by atoms with Crippen molar-refractivity contribution >= 4 is 28.4 Å². The molecule has 0 amide bonds. The molecule has 11 heavy (non-hydrogen) atoms. The molecular formula is C6H10Cl2O3. The SMILES string of the molecule is C1COCCO1.O=C(Cl)CCl. The van der Waals surface area contributed by atoms with Crippen LogP contribution < -0.4 is 0 Å². The molecule has 0 aromatic rings. The summed E-state index contributed by atoms with van der Waals surface area (Å²) >= 11 is 9.55. The second-order valence-corrected chi connectivity index (χ2v) is 2.40. The Labute approximate surface area is 75.6 Å². The van der Waals surface area contributed by atoms with Gasteiger partial charge in [0.2, 0.25) is 5.24 Å². The Morgan fingerprint density at radius 3 is 1.55 bits per heavy atom. The van der Waals surface area contributed by atoms with Gasteiger partial charge in [-0.2, -0.15) is 0 Å². The predicted octanol–water partition coefficient (Wildman–Crippen LogP) is 1.02. The number of ether oxygens (including phenoxy) is 2. The molecule has 0 radical (unpaired) electrons. The first-order valence-corrected chi connectivity index (χ1v) is 4.08. The van der Waals surface area contributed by atoms with Crippen LogP contribution in [-0.2, 0) is 14.3 Å². The molecule has 1 aliphatic heterocycles. The number of alkyl halides is 1. The molecule has 0 N–H and O–H groups in total. The fourth-order valence-electron chi connectivity index (χ4n) is 0.440. The van der Waals surface area contributed by atoms with Crippen LogP contribution in [0.1, 0.15) is 0 Å². The number of halogens is 2. The lowest BCUT2D eigenvalue weighted by atomic mass is 10.6. The lowest BCUT2D eigenvalue weighted by Gasteiger charge is -2.09. The van der Waals surface area contributed by atoms with Gasteiger partial charge < -0.3 is 9.47 Å². The second-order valence-electron chi connectivity index (χ2n) is 1.71. The molecule has 0 aromatic carbocycles. The highest BCUT2D eigenvalue weighted by atomic mass is 35.5. The first-order chi connectivity index (χ1) is 5.27. The summed E-state index contributed by atoms with van der Waals surface area (Å²) in [7, 11) is 0. The average molecular weight is 201 g/mol. The monoisotopic (exact) mass is 200 g/mol. The number of hydrogen-bond donors (Lipinski definition) is 0. The van der Waals surface area contributed by atoms with E-state index in [9.17, 15) is 4.79 Å². The number of rotatable bonds is 1. The molecule has 1 heterocycles. The van der Waals surface area contributed by atoms with Crippen LogP contribution in [0.25, 0.3) is 0 Å². The summed E-state index contributed by atoms with van der Waals surface area (Å²) in [5.74, 6) is -0.0957. The molecule has 0 bridgehead atoms. The maximum absolute atomic E-state index is 9.45. The van der Waals surface area contributed by atoms with Crippen LogP contribution >= 0.6 is 23.2 Å². The van der Waals surface area contributed by atoms with Crippen LogP contribution in [0.3, 0.4) is 0 Å². The van der Waals surface area contributed by atoms with Gasteiger partial charge in [-0.25, -0.2) is 0 Å². The average Bonchev–Trinajstić information content (AvgIpc) is 2.09. The van der Waals surface area contributed by atoms with Crippen LogP contribution in [0.5, 0.6) is 0 Å². The fraction of sp³-hybridized carbons (Fsp3) is 0.833. The summed E-state index contributed by atoms with van der Waals surface area (Å²) in [5, 5.41) is -0.508. The predicted molar refractivity (Wildman–Crippen MR) is 43.2 cm³/mol. The molecule has 5 heteroatoms. The zero-order valence-electron chi connectivity index (χ0n) is 6.02. The number of carbonyl (C=O) groups excluding carboxylic acids is 1. The fourth-order valence-corrected chi connectivity index (χ4v) is 0.440. The molecule has 0 aliphatic carbocycles. The van der Waals surface area contributed by atoms with Gasteiger partial charge in [0.25, 0.3) is 0 Å². The highest BCUT2D eigenvalue weighted by Crippen LogP contribution is 1.85. The summed E-state index contributed by atoms with van der Waals surface area (Å²) in [6, 6.07) is 0. The molecule has 1 saturated heterocycles. The highest BCUT2D eigenvalue weighted by molar-refractivity contribution is 6.67. The van der Waals surface area contributed by atoms with Crippen molar-refractivity contribution in [2.45, 2.75) is 0 Å². The summed E-state index contributed by atoms with van der Waals surface area (Å²) in [6.07, 6.45) is 0. The molecule has 0 spiro atoms. The van der Waals surface area contributed by atoms with Gasteiger partial charge in [0, 0.05) is 0 Å². The van der Waals surface area contributed by atoms with E-state index in [0.717, 1.165) is 26.4 Å². The molecule has 66 valence electrons. The van der Waals surface area contributed by atoms with Gasteiger partial charge in [-0.15, -0.1) is 11.6 Å². The van der Waals surface area contributed by atoms with Crippen molar-refractivity contribution in [1.82, 2.24) is 0 Å². The Kier molecular flexibility index (Phi) is 8.40. The van der Waals surface area contributed by atoms with Gasteiger partial charge in [0.1, 0.15) is 0 Å². The molecule has 1 fully saturated rings. The van der Waals surface area contributed by atoms with Crippen molar-refractivity contribution in [1.29, 1.82) is 0 Å². The Morgan fingerprint density at radius 2 is 1.45 bits per heavy atom. The van der Waals surface area contributed by atoms with E-state index >= 15 is 0 Å². The Bertz CT molecular complexity index is 92.5. The van der Waals surface area contributed by atoms with Gasteiger partial charge >= 0.3 is 0 Å². The van der Waals surface area contributed by atoms with Gasteiger partial charge in [-0.3, -0.25) is 4.79 Å². The third-order valence-corrected chi connectivity index (χ3v) is 1.36. The minimum atomic E-state index is -0.508. The van der Waals surface area contributed by atoms with Crippen molar-refractivity contribution in [2.24, 2.45) is 0 Å². The molecule has 1 aliphatic rings. The third-order valence-electron chi connectivity index (χ3n) is 0.849. The molecule has 3 nitrogen and oxygen atoms in total. The van der Waals surface area contributed by atoms with E-state index in [4.69, 9.17) is 32.7 Å². The van der Waals surface area contributed by atoms with Crippen molar-refractivity contribution < 1.29 is 14.3 Å². The van der Waals surface area contributed by atoms with E-state index in [1.54, 1.807) is 0 Å². The van der Waals surface area contributed by atoms with Gasteiger partial charge in [-0.1, -0.05) is 0 Å². The van der Waals surface area contributed by atoms with Crippen LogP contribution in [0.4, 0.5) is 0 Å². The molecule has 0 unspecified atom stereocenters. The van der Waals surface area contributed by atoms with Crippen LogP contribution in [-0.4, -0.2) is 37.5 Å². The molecule has 0 atom stereocenters. The molecule has 0 aromatic heterocycles. The van der Waals surface area contributed by atoms with E-state index in [-0.39, 0.29) is 5.88 Å². The third kappa shape index (κ3) is 10.2. The lowest BCUT2D eigenvalue weighted by molar-refractivity contribution is -0.109. The van der Waals surface area contributed by atoms with E-state index in [1.807, 2.05) is 0 Å². The smallest absolute Gasteiger partial charge is 0.236 e. The Morgan fingerprint density at radius 1 is 1.18 bits per heavy atom. The lowest BCUT2D eigenvalue weighted by Crippen LogP contribution is -2.16. The van der Waals surface area contributed by atoms with Crippen molar-refractivity contribution in [3.05, 3.63) is 0 Å². The maximum atomic E-state index is 9.45. The second kappa shape index (κ2) is 8.27. The summed E-state index contributed by atoms with van der Waals surface area (Å²) in [4.78, 5) is 9.45. The van der Waals surface area contributed by atoms with Crippen LogP contribution in [0, 0.1) is 0 Å². The standard InChI is InChI=1S/C4H8O2.C2H2Cl2O/c1-2-6-4-3-5-1;3-1-2(4)5/h1-4H2;1H2. The zero-order valence-corrected chi connectivity index (χ0v) is 7.53. The normalized spacial score (nSPS) is 16.5. The van der Waals surface area contributed by atoms with Gasteiger partial charge in [0.15, 0.2) is 0 Å². The van der Waals surface area contributed by atoms with Crippen molar-refractivity contribution in [2.75, 3.05) is 32.3 Å². The first-order valence-electron chi connectivity index (χ1n) is 3.17. The van der Waals surface area contributed by atoms with E-state index in [1.165, 1.54) is 0 Å². The first kappa shape index (κ1) is 11.2. The number of carbonyl (C=O) groups is 1. The quantitative estimate of drug-likeness (QED) is 0.469. The van der Waals surface area contributed by atoms with Gasteiger partial charge in [0.05, 0.1) is 32.3 Å². The van der Waals surface area contributed by atoms with E-state index in [0.29, 0.717) is 0 Å². The Balaban J connectivity index is 0.000000187. The van der Waals surface area contributed by atoms with Crippen LogP contribution in [0.15, 0.2) is 0 Å². The molecule has 1 rings (SSSR count). The topological polar surface area (TPSA) is 35.5 Å². The summed E-state index contributed by atoms with van der Waals surface area (Å²) < 4.78 is 9.89. The minimum Gasteiger partial charge on any atom is -0.377 e. The molecular weight excluding hydrogens is 191 g/mol. The zero-order chi connectivity index (χ0) is 8.53. The summed E-state index contributed by atoms with van der Waals surface area (Å²) in [5.41, 5.74) is 0. The van der Waals surface area contributed by atoms with Crippen LogP contribution in [0.2, 0.25) is 0 Å². The van der Waals surface area contributed by atoms with E-state index < -0.39 is 5.24 Å². The number of hydrogen-bond acceptors (Lipinski definition) is 3. The maximum Gasteiger partial charge on any atom is 0.236 e. The minimum absolute atomic E-state index is 0.0957. The largest absolute Gasteiger partial charge is 0.377 e. The Hall–Kier alpha value is 0.170. The summed E-state index contributed by atoms with van der Waals surface area (Å²) in [6.45, 7) is 3.11. The van der Waals surface area contributed by atoms with Crippen molar-refractivity contribution in [3.8, 4) is 0 Å². The van der Waals surface area contributed by atoms with Crippen molar-refractivity contribution in [3.63, 3.8) is 0 Å².